The van der Waals surface area contributed by atoms with Crippen LogP contribution in [0.1, 0.15) is 50.7 Å². The predicted molar refractivity (Wildman–Crippen MR) is 103 cm³/mol. The van der Waals surface area contributed by atoms with Crippen LogP contribution in [-0.4, -0.2) is 18.9 Å². The van der Waals surface area contributed by atoms with Crippen molar-refractivity contribution < 1.29 is 9.59 Å². The number of amides is 2. The van der Waals surface area contributed by atoms with Gasteiger partial charge in [-0.15, -0.1) is 0 Å². The van der Waals surface area contributed by atoms with Gasteiger partial charge in [-0.1, -0.05) is 64.1 Å². The molecule has 0 aliphatic heterocycles. The van der Waals surface area contributed by atoms with Crippen LogP contribution >= 0.6 is 0 Å². The van der Waals surface area contributed by atoms with Crippen molar-refractivity contribution >= 4 is 23.2 Å². The van der Waals surface area contributed by atoms with Gasteiger partial charge in [0.25, 0.3) is 0 Å². The smallest absolute Gasteiger partial charge is 0.316 e. The third kappa shape index (κ3) is 4.27. The lowest BCUT2D eigenvalue weighted by atomic mass is 9.92. The van der Waals surface area contributed by atoms with Gasteiger partial charge in [0.05, 0.1) is 0 Å². The number of benzene rings is 2. The molecule has 0 bridgehead atoms. The standard InChI is InChI=1S/C21H26N2O2/c1-14(2)17-12-9-13-18(15(3)4)19(17)22-20(24)21(25)23(5)16-10-7-6-8-11-16/h6-15H,1-5H3,(H,22,24). The number of para-hydroxylation sites is 2. The van der Waals surface area contributed by atoms with E-state index in [-0.39, 0.29) is 11.8 Å². The van der Waals surface area contributed by atoms with E-state index in [0.717, 1.165) is 16.8 Å². The third-order valence-electron chi connectivity index (χ3n) is 4.25. The lowest BCUT2D eigenvalue weighted by Gasteiger charge is -2.21. The lowest BCUT2D eigenvalue weighted by molar-refractivity contribution is -0.134. The Bertz CT molecular complexity index is 725. The number of nitrogens with zero attached hydrogens (tertiary/aromatic N) is 1. The molecule has 0 saturated carbocycles. The average molecular weight is 338 g/mol. The monoisotopic (exact) mass is 338 g/mol. The summed E-state index contributed by atoms with van der Waals surface area (Å²) in [5.41, 5.74) is 3.51. The van der Waals surface area contributed by atoms with Crippen molar-refractivity contribution in [1.82, 2.24) is 0 Å². The Morgan fingerprint density at radius 2 is 1.36 bits per heavy atom. The fourth-order valence-electron chi connectivity index (χ4n) is 2.78. The van der Waals surface area contributed by atoms with Crippen LogP contribution in [0, 0.1) is 0 Å². The maximum atomic E-state index is 12.6. The number of likely N-dealkylation sites (N-methyl/N-ethyl adjacent to an activating group) is 1. The van der Waals surface area contributed by atoms with Crippen molar-refractivity contribution in [3.05, 3.63) is 59.7 Å². The number of hydrogen-bond donors (Lipinski definition) is 1. The summed E-state index contributed by atoms with van der Waals surface area (Å²) in [5.74, 6) is -0.715. The van der Waals surface area contributed by atoms with Crippen LogP contribution in [0.15, 0.2) is 48.5 Å². The number of rotatable bonds is 4. The fraction of sp³-hybridized carbons (Fsp3) is 0.333. The molecule has 0 saturated heterocycles. The Morgan fingerprint density at radius 1 is 0.840 bits per heavy atom. The first-order chi connectivity index (χ1) is 11.8. The molecule has 0 spiro atoms. The van der Waals surface area contributed by atoms with Gasteiger partial charge >= 0.3 is 11.8 Å². The van der Waals surface area contributed by atoms with E-state index in [0.29, 0.717) is 5.69 Å². The van der Waals surface area contributed by atoms with Crippen molar-refractivity contribution in [2.24, 2.45) is 0 Å². The molecule has 2 amide bonds. The first-order valence-electron chi connectivity index (χ1n) is 8.59. The molecule has 0 fully saturated rings. The van der Waals surface area contributed by atoms with Crippen molar-refractivity contribution in [1.29, 1.82) is 0 Å². The second kappa shape index (κ2) is 7.97. The van der Waals surface area contributed by atoms with Gasteiger partial charge in [-0.2, -0.15) is 0 Å². The Morgan fingerprint density at radius 3 is 1.84 bits per heavy atom. The number of anilines is 2. The molecule has 4 nitrogen and oxygen atoms in total. The molecule has 0 heterocycles. The summed E-state index contributed by atoms with van der Waals surface area (Å²) in [6, 6.07) is 15.1. The predicted octanol–water partition coefficient (Wildman–Crippen LogP) is 4.53. The molecule has 0 aromatic heterocycles. The zero-order chi connectivity index (χ0) is 18.6. The van der Waals surface area contributed by atoms with Gasteiger partial charge in [-0.05, 0) is 35.1 Å². The highest BCUT2D eigenvalue weighted by Crippen LogP contribution is 2.32. The zero-order valence-corrected chi connectivity index (χ0v) is 15.5. The van der Waals surface area contributed by atoms with Gasteiger partial charge < -0.3 is 10.2 Å². The molecule has 0 unspecified atom stereocenters. The Kier molecular flexibility index (Phi) is 5.97. The van der Waals surface area contributed by atoms with Gasteiger partial charge in [-0.3, -0.25) is 9.59 Å². The molecule has 2 aromatic carbocycles. The minimum atomic E-state index is -0.624. The summed E-state index contributed by atoms with van der Waals surface area (Å²) >= 11 is 0. The summed E-state index contributed by atoms with van der Waals surface area (Å²) in [4.78, 5) is 26.5. The average Bonchev–Trinajstić information content (AvgIpc) is 2.60. The molecule has 25 heavy (non-hydrogen) atoms. The summed E-state index contributed by atoms with van der Waals surface area (Å²) in [6.45, 7) is 8.31. The van der Waals surface area contributed by atoms with Crippen LogP contribution in [0.3, 0.4) is 0 Å². The van der Waals surface area contributed by atoms with Crippen molar-refractivity contribution in [3.63, 3.8) is 0 Å². The highest BCUT2D eigenvalue weighted by molar-refractivity contribution is 6.44. The third-order valence-corrected chi connectivity index (χ3v) is 4.25. The van der Waals surface area contributed by atoms with Crippen LogP contribution in [0.25, 0.3) is 0 Å². The van der Waals surface area contributed by atoms with Gasteiger partial charge in [-0.25, -0.2) is 0 Å². The molecule has 2 rings (SSSR count). The molecule has 0 atom stereocenters. The van der Waals surface area contributed by atoms with Gasteiger partial charge in [0.2, 0.25) is 0 Å². The number of hydrogen-bond acceptors (Lipinski definition) is 2. The SMILES string of the molecule is CC(C)c1cccc(C(C)C)c1NC(=O)C(=O)N(C)c1ccccc1. The minimum absolute atomic E-state index is 0.246. The number of carbonyl (C=O) groups excluding carboxylic acids is 2. The lowest BCUT2D eigenvalue weighted by Crippen LogP contribution is -2.37. The van der Waals surface area contributed by atoms with Gasteiger partial charge in [0.1, 0.15) is 0 Å². The van der Waals surface area contributed by atoms with E-state index >= 15 is 0 Å². The normalized spacial score (nSPS) is 10.8. The fourth-order valence-corrected chi connectivity index (χ4v) is 2.78. The van der Waals surface area contributed by atoms with E-state index in [2.05, 4.69) is 33.0 Å². The summed E-state index contributed by atoms with van der Waals surface area (Å²) in [7, 11) is 1.61. The maximum Gasteiger partial charge on any atom is 0.316 e. The van der Waals surface area contributed by atoms with E-state index in [4.69, 9.17) is 0 Å². The molecular weight excluding hydrogens is 312 g/mol. The molecule has 0 aliphatic carbocycles. The molecule has 0 aliphatic rings. The first-order valence-corrected chi connectivity index (χ1v) is 8.59. The largest absolute Gasteiger partial charge is 0.317 e. The Balaban J connectivity index is 2.29. The summed E-state index contributed by atoms with van der Waals surface area (Å²) in [5, 5.41) is 2.86. The first kappa shape index (κ1) is 18.7. The van der Waals surface area contributed by atoms with E-state index in [1.54, 1.807) is 19.2 Å². The maximum absolute atomic E-state index is 12.6. The number of nitrogens with one attached hydrogen (secondary N) is 1. The van der Waals surface area contributed by atoms with Crippen molar-refractivity contribution in [3.8, 4) is 0 Å². The molecule has 132 valence electrons. The van der Waals surface area contributed by atoms with Crippen LogP contribution in [0.5, 0.6) is 0 Å². The van der Waals surface area contributed by atoms with E-state index in [9.17, 15) is 9.59 Å². The minimum Gasteiger partial charge on any atom is -0.317 e. The van der Waals surface area contributed by atoms with E-state index < -0.39 is 11.8 Å². The van der Waals surface area contributed by atoms with Gasteiger partial charge in [0.15, 0.2) is 0 Å². The van der Waals surface area contributed by atoms with Crippen molar-refractivity contribution in [2.45, 2.75) is 39.5 Å². The Labute approximate surface area is 149 Å². The van der Waals surface area contributed by atoms with Gasteiger partial charge in [0, 0.05) is 18.4 Å². The second-order valence-corrected chi connectivity index (χ2v) is 6.77. The number of carbonyl (C=O) groups is 2. The van der Waals surface area contributed by atoms with Crippen LogP contribution in [0.2, 0.25) is 0 Å². The second-order valence-electron chi connectivity index (χ2n) is 6.77. The van der Waals surface area contributed by atoms with E-state index in [1.165, 1.54) is 4.90 Å². The van der Waals surface area contributed by atoms with Crippen LogP contribution in [0.4, 0.5) is 11.4 Å². The highest BCUT2D eigenvalue weighted by atomic mass is 16.2. The summed E-state index contributed by atoms with van der Waals surface area (Å²) < 4.78 is 0. The van der Waals surface area contributed by atoms with Crippen LogP contribution in [-0.2, 0) is 9.59 Å². The molecule has 1 N–H and O–H groups in total. The molecule has 4 heteroatoms. The quantitative estimate of drug-likeness (QED) is 0.832. The molecule has 2 aromatic rings. The topological polar surface area (TPSA) is 49.4 Å². The van der Waals surface area contributed by atoms with E-state index in [1.807, 2.05) is 36.4 Å². The zero-order valence-electron chi connectivity index (χ0n) is 15.5. The molecule has 0 radical (unpaired) electrons. The molecular formula is C21H26N2O2. The van der Waals surface area contributed by atoms with Crippen LogP contribution < -0.4 is 10.2 Å². The van der Waals surface area contributed by atoms with Crippen molar-refractivity contribution in [2.75, 3.05) is 17.3 Å². The Hall–Kier alpha value is -2.62. The summed E-state index contributed by atoms with van der Waals surface area (Å²) in [6.07, 6.45) is 0. The highest BCUT2D eigenvalue weighted by Gasteiger charge is 2.23.